The lowest BCUT2D eigenvalue weighted by atomic mass is 10.2. The summed E-state index contributed by atoms with van der Waals surface area (Å²) in [6.45, 7) is 3.80. The topological polar surface area (TPSA) is 86.4 Å². The van der Waals surface area contributed by atoms with E-state index in [2.05, 4.69) is 10.4 Å². The molecule has 3 aromatic rings. The van der Waals surface area contributed by atoms with Gasteiger partial charge < -0.3 is 14.5 Å². The third-order valence-electron chi connectivity index (χ3n) is 4.11. The second-order valence-electron chi connectivity index (χ2n) is 6.24. The summed E-state index contributed by atoms with van der Waals surface area (Å²) >= 11 is 6.35. The van der Waals surface area contributed by atoms with Crippen molar-refractivity contribution in [3.05, 3.63) is 76.5 Å². The van der Waals surface area contributed by atoms with Gasteiger partial charge >= 0.3 is 5.97 Å². The molecule has 1 aromatic carbocycles. The van der Waals surface area contributed by atoms with Crippen molar-refractivity contribution in [1.29, 1.82) is 0 Å². The van der Waals surface area contributed by atoms with Crippen molar-refractivity contribution >= 4 is 23.5 Å². The van der Waals surface area contributed by atoms with E-state index in [4.69, 9.17) is 20.8 Å². The van der Waals surface area contributed by atoms with Crippen LogP contribution in [0.4, 0.5) is 0 Å². The van der Waals surface area contributed by atoms with Crippen LogP contribution in [0.25, 0.3) is 0 Å². The number of hydrogen-bond acceptors (Lipinski definition) is 5. The maximum Gasteiger partial charge on any atom is 0.343 e. The maximum atomic E-state index is 12.5. The van der Waals surface area contributed by atoms with E-state index < -0.39 is 18.0 Å². The van der Waals surface area contributed by atoms with E-state index in [0.29, 0.717) is 18.0 Å². The Morgan fingerprint density at radius 2 is 2.00 bits per heavy atom. The number of esters is 1. The molecule has 0 aliphatic carbocycles. The van der Waals surface area contributed by atoms with Gasteiger partial charge in [0.05, 0.1) is 25.0 Å². The molecule has 0 saturated heterocycles. The van der Waals surface area contributed by atoms with Crippen molar-refractivity contribution < 1.29 is 18.7 Å². The van der Waals surface area contributed by atoms with Gasteiger partial charge in [0.15, 0.2) is 6.10 Å². The molecule has 0 unspecified atom stereocenters. The average molecular weight is 402 g/mol. The van der Waals surface area contributed by atoms with E-state index in [1.54, 1.807) is 19.1 Å². The van der Waals surface area contributed by atoms with Gasteiger partial charge in [-0.2, -0.15) is 5.10 Å². The maximum absolute atomic E-state index is 12.5. The summed E-state index contributed by atoms with van der Waals surface area (Å²) in [6.07, 6.45) is 0.526. The molecular weight excluding hydrogens is 382 g/mol. The third-order valence-corrected chi connectivity index (χ3v) is 4.50. The Morgan fingerprint density at radius 1 is 1.25 bits per heavy atom. The number of benzene rings is 1. The van der Waals surface area contributed by atoms with Crippen LogP contribution in [0.2, 0.25) is 5.15 Å². The number of furan rings is 1. The molecule has 146 valence electrons. The van der Waals surface area contributed by atoms with Gasteiger partial charge in [-0.3, -0.25) is 4.79 Å². The van der Waals surface area contributed by atoms with Gasteiger partial charge in [-0.25, -0.2) is 9.48 Å². The lowest BCUT2D eigenvalue weighted by Gasteiger charge is -2.13. The average Bonchev–Trinajstić information content (AvgIpc) is 3.28. The number of aryl methyl sites for hydroxylation is 1. The second kappa shape index (κ2) is 8.75. The molecule has 1 atom stereocenters. The molecule has 1 N–H and O–H groups in total. The predicted octanol–water partition coefficient (Wildman–Crippen LogP) is 3.35. The molecule has 0 spiro atoms. The van der Waals surface area contributed by atoms with Gasteiger partial charge in [0.2, 0.25) is 0 Å². The number of halogens is 1. The smallest absolute Gasteiger partial charge is 0.343 e. The van der Waals surface area contributed by atoms with Crippen LogP contribution in [0.3, 0.4) is 0 Å². The highest BCUT2D eigenvalue weighted by Crippen LogP contribution is 2.22. The van der Waals surface area contributed by atoms with Gasteiger partial charge in [-0.05, 0) is 31.5 Å². The SMILES string of the molecule is Cc1nn(Cc2ccccc2)c(Cl)c1C(=O)O[C@H](C)C(=O)NCc1ccco1. The highest BCUT2D eigenvalue weighted by Gasteiger charge is 2.25. The number of carbonyl (C=O) groups is 2. The molecule has 28 heavy (non-hydrogen) atoms. The summed E-state index contributed by atoms with van der Waals surface area (Å²) < 4.78 is 12.0. The number of aromatic nitrogens is 2. The summed E-state index contributed by atoms with van der Waals surface area (Å²) in [5, 5.41) is 7.14. The molecule has 8 heteroatoms. The number of amides is 1. The first-order valence-corrected chi connectivity index (χ1v) is 9.11. The van der Waals surface area contributed by atoms with Crippen LogP contribution < -0.4 is 5.32 Å². The Kier molecular flexibility index (Phi) is 6.16. The molecule has 3 rings (SSSR count). The molecule has 7 nitrogen and oxygen atoms in total. The summed E-state index contributed by atoms with van der Waals surface area (Å²) in [5.74, 6) is -0.523. The molecule has 0 radical (unpaired) electrons. The summed E-state index contributed by atoms with van der Waals surface area (Å²) in [7, 11) is 0. The number of carbonyl (C=O) groups excluding carboxylic acids is 2. The standard InChI is InChI=1S/C20H20ClN3O4/c1-13-17(18(21)24(23-13)12-15-7-4-3-5-8-15)20(26)28-14(2)19(25)22-11-16-9-6-10-27-16/h3-10,14H,11-12H2,1-2H3,(H,22,25)/t14-/m1/s1. The molecule has 0 bridgehead atoms. The van der Waals surface area contributed by atoms with E-state index in [1.165, 1.54) is 17.9 Å². The van der Waals surface area contributed by atoms with Crippen molar-refractivity contribution in [2.24, 2.45) is 0 Å². The molecule has 0 aliphatic heterocycles. The Morgan fingerprint density at radius 3 is 2.68 bits per heavy atom. The zero-order valence-corrected chi connectivity index (χ0v) is 16.3. The van der Waals surface area contributed by atoms with Crippen LogP contribution in [0.1, 0.15) is 34.3 Å². The van der Waals surface area contributed by atoms with Gasteiger partial charge in [0, 0.05) is 0 Å². The quantitative estimate of drug-likeness (QED) is 0.613. The van der Waals surface area contributed by atoms with E-state index >= 15 is 0 Å². The highest BCUT2D eigenvalue weighted by molar-refractivity contribution is 6.32. The van der Waals surface area contributed by atoms with Gasteiger partial charge in [0.25, 0.3) is 5.91 Å². The Labute approximate surface area is 167 Å². The van der Waals surface area contributed by atoms with Crippen LogP contribution in [-0.4, -0.2) is 27.8 Å². The predicted molar refractivity (Wildman–Crippen MR) is 103 cm³/mol. The highest BCUT2D eigenvalue weighted by atomic mass is 35.5. The first-order valence-electron chi connectivity index (χ1n) is 8.73. The Bertz CT molecular complexity index is 952. The summed E-state index contributed by atoms with van der Waals surface area (Å²) in [6, 6.07) is 13.1. The van der Waals surface area contributed by atoms with Crippen molar-refractivity contribution in [2.75, 3.05) is 0 Å². The van der Waals surface area contributed by atoms with Crippen LogP contribution in [0.5, 0.6) is 0 Å². The minimum absolute atomic E-state index is 0.156. The number of rotatable bonds is 7. The van der Waals surface area contributed by atoms with Gasteiger partial charge in [-0.15, -0.1) is 0 Å². The minimum atomic E-state index is -0.990. The molecule has 2 aromatic heterocycles. The zero-order chi connectivity index (χ0) is 20.1. The summed E-state index contributed by atoms with van der Waals surface area (Å²) in [5.41, 5.74) is 1.59. The van der Waals surface area contributed by atoms with E-state index in [9.17, 15) is 9.59 Å². The number of hydrogen-bond donors (Lipinski definition) is 1. The van der Waals surface area contributed by atoms with Crippen molar-refractivity contribution in [3.8, 4) is 0 Å². The fraction of sp³-hybridized carbons (Fsp3) is 0.250. The van der Waals surface area contributed by atoms with Gasteiger partial charge in [-0.1, -0.05) is 41.9 Å². The molecule has 2 heterocycles. The van der Waals surface area contributed by atoms with Crippen LogP contribution in [0.15, 0.2) is 53.1 Å². The Hall–Kier alpha value is -3.06. The normalized spacial score (nSPS) is 11.8. The van der Waals surface area contributed by atoms with Gasteiger partial charge in [0.1, 0.15) is 16.5 Å². The van der Waals surface area contributed by atoms with Crippen molar-refractivity contribution in [2.45, 2.75) is 33.0 Å². The lowest BCUT2D eigenvalue weighted by Crippen LogP contribution is -2.35. The van der Waals surface area contributed by atoms with E-state index in [-0.39, 0.29) is 17.3 Å². The monoisotopic (exact) mass is 401 g/mol. The molecule has 0 fully saturated rings. The third kappa shape index (κ3) is 4.61. The molecule has 0 saturated carbocycles. The fourth-order valence-corrected chi connectivity index (χ4v) is 2.96. The molecular formula is C20H20ClN3O4. The first kappa shape index (κ1) is 19.7. The fourth-order valence-electron chi connectivity index (χ4n) is 2.65. The van der Waals surface area contributed by atoms with Crippen molar-refractivity contribution in [1.82, 2.24) is 15.1 Å². The number of nitrogens with zero attached hydrogens (tertiary/aromatic N) is 2. The zero-order valence-electron chi connectivity index (χ0n) is 15.5. The minimum Gasteiger partial charge on any atom is -0.467 e. The first-order chi connectivity index (χ1) is 13.5. The number of ether oxygens (including phenoxy) is 1. The largest absolute Gasteiger partial charge is 0.467 e. The lowest BCUT2D eigenvalue weighted by molar-refractivity contribution is -0.129. The number of nitrogens with one attached hydrogen (secondary N) is 1. The van der Waals surface area contributed by atoms with Crippen LogP contribution in [0, 0.1) is 6.92 Å². The molecule has 1 amide bonds. The van der Waals surface area contributed by atoms with Crippen LogP contribution in [-0.2, 0) is 22.6 Å². The second-order valence-corrected chi connectivity index (χ2v) is 6.60. The van der Waals surface area contributed by atoms with Crippen LogP contribution >= 0.6 is 11.6 Å². The van der Waals surface area contributed by atoms with E-state index in [0.717, 1.165) is 5.56 Å². The Balaban J connectivity index is 1.64. The van der Waals surface area contributed by atoms with Crippen molar-refractivity contribution in [3.63, 3.8) is 0 Å². The van der Waals surface area contributed by atoms with E-state index in [1.807, 2.05) is 30.3 Å². The summed E-state index contributed by atoms with van der Waals surface area (Å²) in [4.78, 5) is 24.7. The molecule has 0 aliphatic rings.